The van der Waals surface area contributed by atoms with Gasteiger partial charge in [0.15, 0.2) is 0 Å². The molecule has 0 amide bonds. The van der Waals surface area contributed by atoms with Crippen molar-refractivity contribution in [1.29, 1.82) is 0 Å². The van der Waals surface area contributed by atoms with Crippen molar-refractivity contribution in [2.45, 2.75) is 105 Å². The van der Waals surface area contributed by atoms with Crippen LogP contribution in [0.1, 0.15) is 105 Å². The number of halogens is 2. The van der Waals surface area contributed by atoms with Gasteiger partial charge in [-0.1, -0.05) is 144 Å². The highest BCUT2D eigenvalue weighted by atomic mass is 127. The summed E-state index contributed by atoms with van der Waals surface area (Å²) in [7, 11) is 0. The number of benzene rings is 7. The monoisotopic (exact) mass is 906 g/mol. The average molecular weight is 907 g/mol. The summed E-state index contributed by atoms with van der Waals surface area (Å²) in [6.45, 7) is 27.7. The van der Waals surface area contributed by atoms with Gasteiger partial charge in [-0.15, -0.1) is 0 Å². The number of hydrogen-bond donors (Lipinski definition) is 0. The molecule has 0 aliphatic rings. The van der Waals surface area contributed by atoms with Crippen molar-refractivity contribution in [2.75, 3.05) is 0 Å². The third-order valence-electron chi connectivity index (χ3n) is 11.0. The molecular weight excluding hydrogens is 854 g/mol. The van der Waals surface area contributed by atoms with Crippen molar-refractivity contribution < 1.29 is 0 Å². The molecule has 0 heterocycles. The summed E-state index contributed by atoms with van der Waals surface area (Å²) in [4.78, 5) is 0. The Bertz CT molecular complexity index is 2540. The van der Waals surface area contributed by atoms with Gasteiger partial charge < -0.3 is 0 Å². The van der Waals surface area contributed by atoms with Crippen molar-refractivity contribution >= 4 is 88.3 Å². The zero-order valence-corrected chi connectivity index (χ0v) is 37.3. The zero-order valence-electron chi connectivity index (χ0n) is 33.0. The van der Waals surface area contributed by atoms with Gasteiger partial charge in [-0.3, -0.25) is 0 Å². The summed E-state index contributed by atoms with van der Waals surface area (Å²) < 4.78 is 2.63. The first-order valence-corrected chi connectivity index (χ1v) is 20.8. The van der Waals surface area contributed by atoms with E-state index in [0.717, 1.165) is 0 Å². The Morgan fingerprint density at radius 2 is 0.885 bits per heavy atom. The molecule has 7 rings (SSSR count). The summed E-state index contributed by atoms with van der Waals surface area (Å²) in [5, 5.41) is 10.5. The van der Waals surface area contributed by atoms with E-state index in [1.807, 2.05) is 0 Å². The average Bonchev–Trinajstić information content (AvgIpc) is 3.05. The van der Waals surface area contributed by atoms with Gasteiger partial charge in [0, 0.05) is 12.7 Å². The van der Waals surface area contributed by atoms with Crippen LogP contribution >= 0.6 is 45.2 Å². The Balaban J connectivity index is 1.59. The Kier molecular flexibility index (Phi) is 9.21. The SMILES string of the molecule is CC(C)(C)c1ccc(-c2c(I)c3cc4c(cc(-c5ccc(C(C)(C)C)c(I)c5)c5cc(C(C)(C)C)ccc54)cc3c3ccc(C(C)(C)C)cc23)cc1. The first kappa shape index (κ1) is 37.4. The van der Waals surface area contributed by atoms with E-state index in [4.69, 9.17) is 0 Å². The predicted molar refractivity (Wildman–Crippen MR) is 248 cm³/mol. The van der Waals surface area contributed by atoms with E-state index in [0.29, 0.717) is 0 Å². The zero-order chi connectivity index (χ0) is 37.7. The minimum Gasteiger partial charge on any atom is -0.0579 e. The highest BCUT2D eigenvalue weighted by Gasteiger charge is 2.23. The van der Waals surface area contributed by atoms with Crippen LogP contribution in [0.15, 0.2) is 97.1 Å². The molecule has 2 heteroatoms. The van der Waals surface area contributed by atoms with Crippen LogP contribution in [0.5, 0.6) is 0 Å². The smallest absolute Gasteiger partial charge is 0.0293 e. The van der Waals surface area contributed by atoms with E-state index in [9.17, 15) is 0 Å². The Labute approximate surface area is 339 Å². The number of fused-ring (bicyclic) bond motifs is 6. The molecule has 7 aromatic rings. The molecular formula is C50H52I2. The maximum Gasteiger partial charge on any atom is 0.0293 e. The quantitative estimate of drug-likeness (QED) is 0.0921. The number of rotatable bonds is 2. The van der Waals surface area contributed by atoms with Crippen molar-refractivity contribution in [3.63, 3.8) is 0 Å². The predicted octanol–water partition coefficient (Wildman–Crippen LogP) is 16.0. The minimum absolute atomic E-state index is 0.0467. The lowest BCUT2D eigenvalue weighted by Gasteiger charge is -2.24. The molecule has 0 nitrogen and oxygen atoms in total. The molecule has 266 valence electrons. The summed E-state index contributed by atoms with van der Waals surface area (Å²) in [5.74, 6) is 0. The van der Waals surface area contributed by atoms with Gasteiger partial charge in [-0.05, 0) is 185 Å². The fourth-order valence-corrected chi connectivity index (χ4v) is 10.1. The first-order valence-electron chi connectivity index (χ1n) is 18.6. The van der Waals surface area contributed by atoms with Crippen molar-refractivity contribution in [1.82, 2.24) is 0 Å². The van der Waals surface area contributed by atoms with Gasteiger partial charge in [0.1, 0.15) is 0 Å². The third-order valence-corrected chi connectivity index (χ3v) is 13.0. The lowest BCUT2D eigenvalue weighted by molar-refractivity contribution is 0.587. The minimum atomic E-state index is 0.0467. The van der Waals surface area contributed by atoms with Crippen LogP contribution in [0, 0.1) is 7.14 Å². The highest BCUT2D eigenvalue weighted by molar-refractivity contribution is 14.1. The van der Waals surface area contributed by atoms with Crippen LogP contribution in [-0.4, -0.2) is 0 Å². The van der Waals surface area contributed by atoms with Gasteiger partial charge in [-0.25, -0.2) is 0 Å². The van der Waals surface area contributed by atoms with E-state index in [1.165, 1.54) is 94.7 Å². The third kappa shape index (κ3) is 6.69. The summed E-state index contributed by atoms with van der Waals surface area (Å²) >= 11 is 5.19. The van der Waals surface area contributed by atoms with Crippen LogP contribution in [0.3, 0.4) is 0 Å². The van der Waals surface area contributed by atoms with E-state index < -0.39 is 0 Å². The second-order valence-corrected chi connectivity index (χ2v) is 21.3. The molecule has 0 fully saturated rings. The van der Waals surface area contributed by atoms with E-state index in [-0.39, 0.29) is 21.7 Å². The first-order chi connectivity index (χ1) is 24.1. The highest BCUT2D eigenvalue weighted by Crippen LogP contribution is 2.46. The molecule has 0 radical (unpaired) electrons. The van der Waals surface area contributed by atoms with E-state index in [2.05, 4.69) is 225 Å². The van der Waals surface area contributed by atoms with Crippen LogP contribution in [0.2, 0.25) is 0 Å². The van der Waals surface area contributed by atoms with Crippen LogP contribution in [0.25, 0.3) is 65.3 Å². The van der Waals surface area contributed by atoms with Gasteiger partial charge in [0.05, 0.1) is 0 Å². The van der Waals surface area contributed by atoms with E-state index in [1.54, 1.807) is 0 Å². The molecule has 0 aromatic heterocycles. The fourth-order valence-electron chi connectivity index (χ4n) is 7.73. The maximum absolute atomic E-state index is 2.65. The van der Waals surface area contributed by atoms with Crippen molar-refractivity contribution in [2.24, 2.45) is 0 Å². The molecule has 0 aliphatic heterocycles. The Hall–Kier alpha value is -2.96. The topological polar surface area (TPSA) is 0 Å². The fraction of sp³-hybridized carbons (Fsp3) is 0.320. The molecule has 52 heavy (non-hydrogen) atoms. The van der Waals surface area contributed by atoms with Gasteiger partial charge in [0.25, 0.3) is 0 Å². The normalized spacial score (nSPS) is 13.2. The molecule has 0 saturated heterocycles. The second-order valence-electron chi connectivity index (χ2n) is 19.0. The molecule has 0 spiro atoms. The second kappa shape index (κ2) is 12.8. The molecule has 7 aromatic carbocycles. The maximum atomic E-state index is 2.65. The molecule has 0 N–H and O–H groups in total. The van der Waals surface area contributed by atoms with E-state index >= 15 is 0 Å². The number of hydrogen-bond acceptors (Lipinski definition) is 0. The summed E-state index contributed by atoms with van der Waals surface area (Å²) in [6, 6.07) is 38.3. The van der Waals surface area contributed by atoms with Crippen LogP contribution < -0.4 is 0 Å². The Morgan fingerprint density at radius 1 is 0.365 bits per heavy atom. The van der Waals surface area contributed by atoms with Crippen molar-refractivity contribution in [3.8, 4) is 22.3 Å². The molecule has 0 atom stereocenters. The van der Waals surface area contributed by atoms with Crippen molar-refractivity contribution in [3.05, 3.63) is 126 Å². The lowest BCUT2D eigenvalue weighted by Crippen LogP contribution is -2.13. The Morgan fingerprint density at radius 3 is 1.42 bits per heavy atom. The molecule has 0 bridgehead atoms. The van der Waals surface area contributed by atoms with Gasteiger partial charge in [-0.2, -0.15) is 0 Å². The molecule has 0 aliphatic carbocycles. The summed E-state index contributed by atoms with van der Waals surface area (Å²) in [6.07, 6.45) is 0. The van der Waals surface area contributed by atoms with Crippen LogP contribution in [-0.2, 0) is 21.7 Å². The van der Waals surface area contributed by atoms with Crippen LogP contribution in [0.4, 0.5) is 0 Å². The molecule has 0 unspecified atom stereocenters. The molecule has 0 saturated carbocycles. The largest absolute Gasteiger partial charge is 0.0579 e. The summed E-state index contributed by atoms with van der Waals surface area (Å²) in [5.41, 5.74) is 11.0. The van der Waals surface area contributed by atoms with Gasteiger partial charge in [0.2, 0.25) is 0 Å². The lowest BCUT2D eigenvalue weighted by atomic mass is 9.81. The van der Waals surface area contributed by atoms with Gasteiger partial charge >= 0.3 is 0 Å². The standard InChI is InChI=1S/C50H52I2/c1-47(2,3)32-16-13-29(14-17-32)45-41-27-34(49(7,8)9)19-21-36(41)39-24-31-23-37(30-15-22-43(44(51)25-30)50(10,11)12)40-26-33(48(4,5)6)18-20-35(40)38(31)28-42(39)46(45)52/h13-28H,1-12H3.